The Labute approximate surface area is 144 Å². The van der Waals surface area contributed by atoms with Crippen molar-refractivity contribution in [2.24, 2.45) is 0 Å². The average Bonchev–Trinajstić information content (AvgIpc) is 2.97. The standard InChI is InChI=1S/C19H20N4O2/c1-11-21-12(9-17(24)22-11)10-20-19(25)15-7-4-6-14-13-5-2-3-8-16(13)23-18(14)15/h2-3,5,8-9,15,23H,4,6-7,10H2,1H3,(H,20,25)(H,21,22,24). The zero-order valence-corrected chi connectivity index (χ0v) is 14.1. The molecule has 128 valence electrons. The quantitative estimate of drug-likeness (QED) is 0.685. The molecule has 0 saturated heterocycles. The number of carbonyl (C=O) groups excluding carboxylic acids is 1. The first-order chi connectivity index (χ1) is 12.1. The third kappa shape index (κ3) is 2.95. The molecule has 0 fully saturated rings. The fourth-order valence-corrected chi connectivity index (χ4v) is 3.71. The molecule has 3 N–H and O–H groups in total. The molecule has 1 unspecified atom stereocenters. The molecule has 4 rings (SSSR count). The van der Waals surface area contributed by atoms with Crippen LogP contribution < -0.4 is 10.9 Å². The van der Waals surface area contributed by atoms with E-state index in [1.807, 2.05) is 18.2 Å². The third-order valence-electron chi connectivity index (χ3n) is 4.79. The van der Waals surface area contributed by atoms with Crippen LogP contribution in [0.15, 0.2) is 35.1 Å². The van der Waals surface area contributed by atoms with Gasteiger partial charge in [0.05, 0.1) is 18.2 Å². The summed E-state index contributed by atoms with van der Waals surface area (Å²) in [5.41, 5.74) is 3.74. The van der Waals surface area contributed by atoms with Gasteiger partial charge in [-0.3, -0.25) is 9.59 Å². The lowest BCUT2D eigenvalue weighted by molar-refractivity contribution is -0.123. The Balaban J connectivity index is 1.56. The number of nitrogens with one attached hydrogen (secondary N) is 3. The number of aromatic amines is 2. The van der Waals surface area contributed by atoms with Gasteiger partial charge in [-0.1, -0.05) is 18.2 Å². The number of amides is 1. The van der Waals surface area contributed by atoms with Crippen LogP contribution in [-0.2, 0) is 17.8 Å². The number of hydrogen-bond acceptors (Lipinski definition) is 3. The van der Waals surface area contributed by atoms with Gasteiger partial charge in [0.2, 0.25) is 5.91 Å². The summed E-state index contributed by atoms with van der Waals surface area (Å²) in [5, 5.41) is 4.14. The molecule has 1 amide bonds. The van der Waals surface area contributed by atoms with E-state index in [9.17, 15) is 9.59 Å². The van der Waals surface area contributed by atoms with Gasteiger partial charge < -0.3 is 15.3 Å². The minimum atomic E-state index is -0.202. The van der Waals surface area contributed by atoms with Crippen molar-refractivity contribution in [1.82, 2.24) is 20.3 Å². The molecule has 25 heavy (non-hydrogen) atoms. The van der Waals surface area contributed by atoms with E-state index in [1.165, 1.54) is 17.0 Å². The van der Waals surface area contributed by atoms with Crippen LogP contribution in [0.3, 0.4) is 0 Å². The number of rotatable bonds is 3. The van der Waals surface area contributed by atoms with Crippen LogP contribution in [0.4, 0.5) is 0 Å². The van der Waals surface area contributed by atoms with E-state index in [0.29, 0.717) is 11.5 Å². The second-order valence-electron chi connectivity index (χ2n) is 6.55. The van der Waals surface area contributed by atoms with E-state index in [-0.39, 0.29) is 23.9 Å². The number of H-pyrrole nitrogens is 2. The summed E-state index contributed by atoms with van der Waals surface area (Å²) in [6, 6.07) is 9.60. The van der Waals surface area contributed by atoms with Crippen LogP contribution in [0.1, 0.15) is 41.5 Å². The third-order valence-corrected chi connectivity index (χ3v) is 4.79. The zero-order valence-electron chi connectivity index (χ0n) is 14.1. The fourth-order valence-electron chi connectivity index (χ4n) is 3.71. The van der Waals surface area contributed by atoms with Crippen LogP contribution in [0.5, 0.6) is 0 Å². The zero-order chi connectivity index (χ0) is 17.4. The highest BCUT2D eigenvalue weighted by Gasteiger charge is 2.29. The molecule has 3 aromatic rings. The topological polar surface area (TPSA) is 90.6 Å². The molecule has 0 bridgehead atoms. The molecule has 2 heterocycles. The van der Waals surface area contributed by atoms with Crippen molar-refractivity contribution in [2.75, 3.05) is 0 Å². The van der Waals surface area contributed by atoms with Gasteiger partial charge in [-0.25, -0.2) is 4.98 Å². The summed E-state index contributed by atoms with van der Waals surface area (Å²) in [4.78, 5) is 34.5. The maximum atomic E-state index is 12.7. The van der Waals surface area contributed by atoms with Crippen molar-refractivity contribution < 1.29 is 4.79 Å². The molecule has 1 aromatic carbocycles. The molecule has 0 spiro atoms. The number of aromatic nitrogens is 3. The van der Waals surface area contributed by atoms with Gasteiger partial charge in [0.25, 0.3) is 5.56 Å². The van der Waals surface area contributed by atoms with Crippen molar-refractivity contribution in [1.29, 1.82) is 0 Å². The smallest absolute Gasteiger partial charge is 0.251 e. The second kappa shape index (κ2) is 6.20. The van der Waals surface area contributed by atoms with E-state index >= 15 is 0 Å². The Morgan fingerprint density at radius 1 is 1.32 bits per heavy atom. The average molecular weight is 336 g/mol. The van der Waals surface area contributed by atoms with Gasteiger partial charge in [-0.05, 0) is 37.8 Å². The minimum Gasteiger partial charge on any atom is -0.357 e. The number of fused-ring (bicyclic) bond motifs is 3. The van der Waals surface area contributed by atoms with E-state index < -0.39 is 0 Å². The molecule has 0 saturated carbocycles. The maximum absolute atomic E-state index is 12.7. The maximum Gasteiger partial charge on any atom is 0.251 e. The SMILES string of the molecule is Cc1nc(CNC(=O)C2CCCc3c2[nH]c2ccccc32)cc(=O)[nH]1. The predicted octanol–water partition coefficient (Wildman–Crippen LogP) is 2.30. The van der Waals surface area contributed by atoms with Crippen LogP contribution >= 0.6 is 0 Å². The summed E-state index contributed by atoms with van der Waals surface area (Å²) >= 11 is 0. The van der Waals surface area contributed by atoms with Crippen LogP contribution in [0.25, 0.3) is 10.9 Å². The van der Waals surface area contributed by atoms with Crippen molar-refractivity contribution in [3.05, 3.63) is 63.5 Å². The van der Waals surface area contributed by atoms with Crippen molar-refractivity contribution in [2.45, 2.75) is 38.6 Å². The van der Waals surface area contributed by atoms with Gasteiger partial charge in [0, 0.05) is 22.7 Å². The molecule has 1 atom stereocenters. The Hall–Kier alpha value is -2.89. The van der Waals surface area contributed by atoms with Crippen LogP contribution in [-0.4, -0.2) is 20.9 Å². The first-order valence-corrected chi connectivity index (χ1v) is 8.56. The Morgan fingerprint density at radius 2 is 2.16 bits per heavy atom. The fraction of sp³-hybridized carbons (Fsp3) is 0.316. The van der Waals surface area contributed by atoms with Crippen molar-refractivity contribution >= 4 is 16.8 Å². The number of carbonyl (C=O) groups is 1. The largest absolute Gasteiger partial charge is 0.357 e. The Kier molecular flexibility index (Phi) is 3.87. The Morgan fingerprint density at radius 3 is 3.00 bits per heavy atom. The lowest BCUT2D eigenvalue weighted by atomic mass is 9.86. The van der Waals surface area contributed by atoms with Crippen LogP contribution in [0, 0.1) is 6.92 Å². The molecule has 1 aliphatic rings. The van der Waals surface area contributed by atoms with E-state index in [2.05, 4.69) is 26.3 Å². The minimum absolute atomic E-state index is 0.0211. The highest BCUT2D eigenvalue weighted by atomic mass is 16.2. The molecule has 0 aliphatic heterocycles. The molecule has 1 aliphatic carbocycles. The van der Waals surface area contributed by atoms with Gasteiger partial charge in [0.1, 0.15) is 5.82 Å². The van der Waals surface area contributed by atoms with Gasteiger partial charge in [-0.15, -0.1) is 0 Å². The van der Waals surface area contributed by atoms with Gasteiger partial charge >= 0.3 is 0 Å². The predicted molar refractivity (Wildman–Crippen MR) is 95.4 cm³/mol. The molecule has 6 nitrogen and oxygen atoms in total. The van der Waals surface area contributed by atoms with Gasteiger partial charge in [-0.2, -0.15) is 0 Å². The summed E-state index contributed by atoms with van der Waals surface area (Å²) in [6.07, 6.45) is 2.82. The first kappa shape index (κ1) is 15.6. The number of nitrogens with zero attached hydrogens (tertiary/aromatic N) is 1. The lowest BCUT2D eigenvalue weighted by Gasteiger charge is -2.22. The summed E-state index contributed by atoms with van der Waals surface area (Å²) in [7, 11) is 0. The molecule has 6 heteroatoms. The number of benzene rings is 1. The molecule has 2 aromatic heterocycles. The number of aryl methyl sites for hydroxylation is 2. The number of hydrogen-bond donors (Lipinski definition) is 3. The highest BCUT2D eigenvalue weighted by Crippen LogP contribution is 2.36. The highest BCUT2D eigenvalue weighted by molar-refractivity contribution is 5.90. The first-order valence-electron chi connectivity index (χ1n) is 8.56. The van der Waals surface area contributed by atoms with E-state index in [4.69, 9.17) is 0 Å². The van der Waals surface area contributed by atoms with Crippen molar-refractivity contribution in [3.63, 3.8) is 0 Å². The lowest BCUT2D eigenvalue weighted by Crippen LogP contribution is -2.31. The summed E-state index contributed by atoms with van der Waals surface area (Å²) < 4.78 is 0. The molecular weight excluding hydrogens is 316 g/mol. The summed E-state index contributed by atoms with van der Waals surface area (Å²) in [6.45, 7) is 1.99. The van der Waals surface area contributed by atoms with Crippen molar-refractivity contribution in [3.8, 4) is 0 Å². The molecular formula is C19H20N4O2. The van der Waals surface area contributed by atoms with Gasteiger partial charge in [0.15, 0.2) is 0 Å². The second-order valence-corrected chi connectivity index (χ2v) is 6.55. The summed E-state index contributed by atoms with van der Waals surface area (Å²) in [5.74, 6) is 0.346. The molecule has 0 radical (unpaired) electrons. The monoisotopic (exact) mass is 336 g/mol. The Bertz CT molecular complexity index is 1000. The van der Waals surface area contributed by atoms with E-state index in [1.54, 1.807) is 6.92 Å². The normalized spacial score (nSPS) is 16.6. The van der Waals surface area contributed by atoms with Crippen LogP contribution in [0.2, 0.25) is 0 Å². The number of para-hydroxylation sites is 1. The van der Waals surface area contributed by atoms with E-state index in [0.717, 1.165) is 30.5 Å².